The fraction of sp³-hybridized carbons (Fsp3) is 0.370. The molecule has 2 aromatic rings. The molecule has 1 fully saturated rings. The lowest BCUT2D eigenvalue weighted by molar-refractivity contribution is -0.125. The minimum atomic E-state index is 0.0576. The second kappa shape index (κ2) is 8.26. The van der Waals surface area contributed by atoms with E-state index in [0.29, 0.717) is 29.1 Å². The van der Waals surface area contributed by atoms with Crippen LogP contribution in [0.1, 0.15) is 36.0 Å². The number of fused-ring (bicyclic) bond motifs is 2. The van der Waals surface area contributed by atoms with Crippen molar-refractivity contribution in [2.24, 2.45) is 10.4 Å². The highest BCUT2D eigenvalue weighted by Gasteiger charge is 2.51. The van der Waals surface area contributed by atoms with Crippen molar-refractivity contribution in [3.8, 4) is 6.07 Å². The van der Waals surface area contributed by atoms with E-state index in [1.54, 1.807) is 0 Å². The largest absolute Gasteiger partial charge is 0.315 e. The van der Waals surface area contributed by atoms with Crippen molar-refractivity contribution in [1.82, 2.24) is 14.7 Å². The molecule has 0 N–H and O–H groups in total. The molecule has 0 saturated heterocycles. The Kier molecular flexibility index (Phi) is 5.20. The van der Waals surface area contributed by atoms with Gasteiger partial charge in [0.2, 0.25) is 5.96 Å². The van der Waals surface area contributed by atoms with Gasteiger partial charge in [0.05, 0.1) is 30.3 Å². The van der Waals surface area contributed by atoms with Crippen LogP contribution in [0.2, 0.25) is 5.02 Å². The van der Waals surface area contributed by atoms with E-state index in [2.05, 4.69) is 15.9 Å². The number of carbonyl (C=O) groups excluding carboxylic acids is 1. The Morgan fingerprint density at radius 1 is 1.09 bits per heavy atom. The van der Waals surface area contributed by atoms with Crippen LogP contribution in [0.5, 0.6) is 0 Å². The molecule has 1 saturated carbocycles. The Hall–Kier alpha value is -3.14. The summed E-state index contributed by atoms with van der Waals surface area (Å²) in [5.74, 6) is 0.869. The second-order valence-electron chi connectivity index (χ2n) is 9.92. The molecule has 0 aromatic heterocycles. The molecule has 1 aliphatic carbocycles. The first-order valence-electron chi connectivity index (χ1n) is 11.9. The molecule has 3 aliphatic heterocycles. The van der Waals surface area contributed by atoms with Crippen LogP contribution in [0.15, 0.2) is 64.8 Å². The zero-order chi connectivity index (χ0) is 23.3. The van der Waals surface area contributed by atoms with E-state index in [4.69, 9.17) is 16.6 Å². The third-order valence-electron chi connectivity index (χ3n) is 7.43. The summed E-state index contributed by atoms with van der Waals surface area (Å²) in [5, 5.41) is 9.92. The molecular weight excluding hydrogens is 446 g/mol. The number of benzene rings is 2. The fourth-order valence-corrected chi connectivity index (χ4v) is 5.44. The Labute approximate surface area is 204 Å². The van der Waals surface area contributed by atoms with Gasteiger partial charge in [0.1, 0.15) is 0 Å². The smallest absolute Gasteiger partial charge is 0.259 e. The topological polar surface area (TPSA) is 62.9 Å². The zero-order valence-electron chi connectivity index (χ0n) is 19.0. The number of hydrogen-bond donors (Lipinski definition) is 0. The van der Waals surface area contributed by atoms with E-state index in [1.165, 1.54) is 12.8 Å². The highest BCUT2D eigenvalue weighted by Crippen LogP contribution is 2.50. The summed E-state index contributed by atoms with van der Waals surface area (Å²) in [6, 6.07) is 17.6. The normalized spacial score (nSPS) is 21.2. The summed E-state index contributed by atoms with van der Waals surface area (Å²) in [6.45, 7) is 4.48. The molecular formula is C27H26ClN5O. The van der Waals surface area contributed by atoms with Crippen molar-refractivity contribution < 1.29 is 4.79 Å². The predicted molar refractivity (Wildman–Crippen MR) is 131 cm³/mol. The summed E-state index contributed by atoms with van der Waals surface area (Å²) < 4.78 is 0. The number of hydrogen-bond acceptors (Lipinski definition) is 5. The first-order valence-corrected chi connectivity index (χ1v) is 12.2. The molecule has 6 nitrogen and oxygen atoms in total. The van der Waals surface area contributed by atoms with Crippen LogP contribution < -0.4 is 0 Å². The van der Waals surface area contributed by atoms with Gasteiger partial charge in [-0.25, -0.2) is 0 Å². The lowest BCUT2D eigenvalue weighted by atomic mass is 9.96. The molecule has 7 heteroatoms. The van der Waals surface area contributed by atoms with Crippen LogP contribution in [-0.4, -0.2) is 52.7 Å². The number of aliphatic imine (C=N–C) groups is 1. The fourth-order valence-electron chi connectivity index (χ4n) is 5.32. The molecule has 0 unspecified atom stereocenters. The van der Waals surface area contributed by atoms with Crippen molar-refractivity contribution in [2.75, 3.05) is 26.2 Å². The summed E-state index contributed by atoms with van der Waals surface area (Å²) in [6.07, 6.45) is 3.27. The maximum atomic E-state index is 13.8. The second-order valence-corrected chi connectivity index (χ2v) is 10.4. The number of rotatable bonds is 4. The van der Waals surface area contributed by atoms with Crippen LogP contribution in [0.25, 0.3) is 0 Å². The van der Waals surface area contributed by atoms with E-state index < -0.39 is 0 Å². The van der Waals surface area contributed by atoms with E-state index >= 15 is 0 Å². The van der Waals surface area contributed by atoms with Gasteiger partial charge in [0, 0.05) is 48.7 Å². The molecule has 34 heavy (non-hydrogen) atoms. The van der Waals surface area contributed by atoms with Gasteiger partial charge in [-0.1, -0.05) is 35.9 Å². The molecule has 0 bridgehead atoms. The third kappa shape index (κ3) is 3.89. The van der Waals surface area contributed by atoms with E-state index in [9.17, 15) is 10.1 Å². The number of nitriles is 1. The minimum absolute atomic E-state index is 0.0576. The summed E-state index contributed by atoms with van der Waals surface area (Å²) in [7, 11) is 0. The molecule has 6 rings (SSSR count). The molecule has 3 heterocycles. The molecule has 172 valence electrons. The van der Waals surface area contributed by atoms with E-state index in [-0.39, 0.29) is 5.91 Å². The number of amides is 1. The lowest BCUT2D eigenvalue weighted by Crippen LogP contribution is -2.58. The van der Waals surface area contributed by atoms with Gasteiger partial charge in [0.25, 0.3) is 5.91 Å². The number of halogens is 1. The van der Waals surface area contributed by atoms with Crippen molar-refractivity contribution in [1.29, 1.82) is 5.26 Å². The SMILES string of the molecule is N#Cc1cccc(CN2CCC3=C(C2)C(=O)N(Cc2ccc(Cl)cc2)C2=NCC4(CC4)CN23)c1. The van der Waals surface area contributed by atoms with Crippen LogP contribution in [-0.2, 0) is 17.9 Å². The highest BCUT2D eigenvalue weighted by atomic mass is 35.5. The van der Waals surface area contributed by atoms with E-state index in [0.717, 1.165) is 61.0 Å². The van der Waals surface area contributed by atoms with Crippen molar-refractivity contribution in [3.63, 3.8) is 0 Å². The van der Waals surface area contributed by atoms with Gasteiger partial charge in [0.15, 0.2) is 0 Å². The maximum absolute atomic E-state index is 13.8. The molecule has 1 spiro atoms. The van der Waals surface area contributed by atoms with Crippen molar-refractivity contribution in [2.45, 2.75) is 32.4 Å². The predicted octanol–water partition coefficient (Wildman–Crippen LogP) is 4.17. The summed E-state index contributed by atoms with van der Waals surface area (Å²) in [4.78, 5) is 25.3. The van der Waals surface area contributed by atoms with Gasteiger partial charge in [-0.2, -0.15) is 5.26 Å². The lowest BCUT2D eigenvalue weighted by Gasteiger charge is -2.47. The third-order valence-corrected chi connectivity index (χ3v) is 7.68. The monoisotopic (exact) mass is 471 g/mol. The first-order chi connectivity index (χ1) is 16.5. The average molecular weight is 472 g/mol. The Morgan fingerprint density at radius 3 is 2.68 bits per heavy atom. The Morgan fingerprint density at radius 2 is 1.91 bits per heavy atom. The van der Waals surface area contributed by atoms with Crippen LogP contribution in [0.3, 0.4) is 0 Å². The molecule has 0 radical (unpaired) electrons. The summed E-state index contributed by atoms with van der Waals surface area (Å²) >= 11 is 6.08. The Bertz CT molecular complexity index is 1250. The molecule has 0 atom stereocenters. The Balaban J connectivity index is 1.30. The zero-order valence-corrected chi connectivity index (χ0v) is 19.8. The van der Waals surface area contributed by atoms with Crippen LogP contribution in [0, 0.1) is 16.7 Å². The number of carbonyl (C=O) groups is 1. The van der Waals surface area contributed by atoms with Gasteiger partial charge in [-0.05, 0) is 48.2 Å². The molecule has 4 aliphatic rings. The van der Waals surface area contributed by atoms with Crippen LogP contribution >= 0.6 is 11.6 Å². The first kappa shape index (κ1) is 21.4. The molecule has 1 amide bonds. The van der Waals surface area contributed by atoms with Crippen molar-refractivity contribution in [3.05, 3.63) is 81.5 Å². The summed E-state index contributed by atoms with van der Waals surface area (Å²) in [5.41, 5.74) is 5.14. The maximum Gasteiger partial charge on any atom is 0.259 e. The standard InChI is InChI=1S/C27H26ClN5O/c28-22-6-4-19(5-7-22)15-32-25(34)23-16-31(14-21-3-1-2-20(12-21)13-29)11-8-24(23)33-18-27(9-10-27)17-30-26(32)33/h1-7,12H,8-11,14-18H2. The minimum Gasteiger partial charge on any atom is -0.315 e. The van der Waals surface area contributed by atoms with Crippen LogP contribution in [0.4, 0.5) is 0 Å². The average Bonchev–Trinajstić information content (AvgIpc) is 3.61. The quantitative estimate of drug-likeness (QED) is 0.671. The van der Waals surface area contributed by atoms with E-state index in [1.807, 2.05) is 53.4 Å². The van der Waals surface area contributed by atoms with Gasteiger partial charge < -0.3 is 4.90 Å². The number of guanidine groups is 1. The molecule has 2 aromatic carbocycles. The highest BCUT2D eigenvalue weighted by molar-refractivity contribution is 6.30. The van der Waals surface area contributed by atoms with Gasteiger partial charge in [-0.3, -0.25) is 19.6 Å². The van der Waals surface area contributed by atoms with Gasteiger partial charge in [-0.15, -0.1) is 0 Å². The van der Waals surface area contributed by atoms with Crippen molar-refractivity contribution >= 4 is 23.5 Å². The van der Waals surface area contributed by atoms with Gasteiger partial charge >= 0.3 is 0 Å². The number of nitrogens with zero attached hydrogens (tertiary/aromatic N) is 5.